The Balaban J connectivity index is 1.80. The third-order valence-corrected chi connectivity index (χ3v) is 5.33. The first kappa shape index (κ1) is 19.5. The third-order valence-electron chi connectivity index (χ3n) is 5.33. The lowest BCUT2D eigenvalue weighted by Crippen LogP contribution is -2.33. The second-order valence-electron chi connectivity index (χ2n) is 8.21. The van der Waals surface area contributed by atoms with Crippen LogP contribution >= 0.6 is 0 Å². The first-order valence-corrected chi connectivity index (χ1v) is 9.38. The molecule has 0 bridgehead atoms. The molecular formula is C22H19N3O5. The number of furan rings is 1. The van der Waals surface area contributed by atoms with E-state index in [1.54, 1.807) is 24.3 Å². The van der Waals surface area contributed by atoms with Gasteiger partial charge in [0.2, 0.25) is 5.88 Å². The number of benzene rings is 1. The summed E-state index contributed by atoms with van der Waals surface area (Å²) in [6, 6.07) is 11.4. The molecule has 1 aliphatic carbocycles. The SMILES string of the molecule is CC1(C)CC(=O)C2=C(C1)OC(N)=C(C#N)C2c1ccc(-c2cccc([N+](=O)[O-])c2)o1. The smallest absolute Gasteiger partial charge is 0.270 e. The lowest BCUT2D eigenvalue weighted by molar-refractivity contribution is -0.384. The van der Waals surface area contributed by atoms with Gasteiger partial charge in [0.15, 0.2) is 5.78 Å². The number of hydrogen-bond donors (Lipinski definition) is 1. The predicted molar refractivity (Wildman–Crippen MR) is 106 cm³/mol. The van der Waals surface area contributed by atoms with E-state index in [0.717, 1.165) is 0 Å². The fourth-order valence-corrected chi connectivity index (χ4v) is 4.01. The zero-order chi connectivity index (χ0) is 21.6. The van der Waals surface area contributed by atoms with Crippen molar-refractivity contribution < 1.29 is 18.9 Å². The van der Waals surface area contributed by atoms with Gasteiger partial charge in [-0.2, -0.15) is 5.26 Å². The van der Waals surface area contributed by atoms with E-state index in [1.165, 1.54) is 12.1 Å². The molecule has 0 spiro atoms. The Hall–Kier alpha value is -3.86. The number of rotatable bonds is 3. The molecule has 30 heavy (non-hydrogen) atoms. The summed E-state index contributed by atoms with van der Waals surface area (Å²) >= 11 is 0. The summed E-state index contributed by atoms with van der Waals surface area (Å²) in [5.74, 6) is 0.294. The van der Waals surface area contributed by atoms with Crippen LogP contribution in [0.15, 0.2) is 63.6 Å². The maximum Gasteiger partial charge on any atom is 0.270 e. The molecule has 0 saturated carbocycles. The van der Waals surface area contributed by atoms with Gasteiger partial charge in [-0.25, -0.2) is 0 Å². The zero-order valence-corrected chi connectivity index (χ0v) is 16.5. The Morgan fingerprint density at radius 1 is 1.27 bits per heavy atom. The van der Waals surface area contributed by atoms with Gasteiger partial charge in [-0.15, -0.1) is 0 Å². The Labute approximate surface area is 172 Å². The second-order valence-corrected chi connectivity index (χ2v) is 8.21. The Kier molecular flexibility index (Phi) is 4.46. The molecule has 2 N–H and O–H groups in total. The van der Waals surface area contributed by atoms with E-state index in [0.29, 0.717) is 41.3 Å². The molecule has 0 fully saturated rings. The van der Waals surface area contributed by atoms with Crippen LogP contribution in [0.1, 0.15) is 38.4 Å². The van der Waals surface area contributed by atoms with E-state index in [1.807, 2.05) is 19.9 Å². The molecule has 8 nitrogen and oxygen atoms in total. The molecule has 1 aliphatic heterocycles. The van der Waals surface area contributed by atoms with Gasteiger partial charge < -0.3 is 14.9 Å². The number of nitro groups is 1. The molecule has 0 amide bonds. The summed E-state index contributed by atoms with van der Waals surface area (Å²) in [5.41, 5.74) is 6.68. The Bertz CT molecular complexity index is 1180. The van der Waals surface area contributed by atoms with Gasteiger partial charge in [0.05, 0.1) is 10.8 Å². The first-order chi connectivity index (χ1) is 14.2. The molecule has 8 heteroatoms. The molecule has 2 aliphatic rings. The molecule has 0 radical (unpaired) electrons. The number of ketones is 1. The van der Waals surface area contributed by atoms with E-state index in [2.05, 4.69) is 0 Å². The minimum Gasteiger partial charge on any atom is -0.460 e. The molecule has 1 aromatic heterocycles. The third kappa shape index (κ3) is 3.24. The lowest BCUT2D eigenvalue weighted by atomic mass is 9.71. The van der Waals surface area contributed by atoms with Crippen molar-refractivity contribution in [1.82, 2.24) is 0 Å². The number of carbonyl (C=O) groups is 1. The van der Waals surface area contributed by atoms with Crippen LogP contribution < -0.4 is 5.73 Å². The summed E-state index contributed by atoms with van der Waals surface area (Å²) in [5, 5.41) is 20.7. The van der Waals surface area contributed by atoms with Crippen LogP contribution in [0.4, 0.5) is 5.69 Å². The van der Waals surface area contributed by atoms with Gasteiger partial charge in [-0.1, -0.05) is 26.0 Å². The average molecular weight is 405 g/mol. The number of allylic oxidation sites excluding steroid dienone is 3. The molecule has 1 unspecified atom stereocenters. The molecule has 1 aromatic carbocycles. The fourth-order valence-electron chi connectivity index (χ4n) is 4.01. The number of non-ortho nitro benzene ring substituents is 1. The van der Waals surface area contributed by atoms with Gasteiger partial charge in [0.1, 0.15) is 28.9 Å². The highest BCUT2D eigenvalue weighted by Crippen LogP contribution is 2.48. The maximum absolute atomic E-state index is 13.0. The van der Waals surface area contributed by atoms with Crippen LogP contribution in [-0.4, -0.2) is 10.7 Å². The lowest BCUT2D eigenvalue weighted by Gasteiger charge is -2.36. The van der Waals surface area contributed by atoms with Gasteiger partial charge in [-0.3, -0.25) is 14.9 Å². The van der Waals surface area contributed by atoms with Crippen molar-refractivity contribution >= 4 is 11.5 Å². The summed E-state index contributed by atoms with van der Waals surface area (Å²) in [6.45, 7) is 3.94. The Morgan fingerprint density at radius 3 is 2.73 bits per heavy atom. The topological polar surface area (TPSA) is 132 Å². The number of nitrogens with two attached hydrogens (primary N) is 1. The number of ether oxygens (including phenoxy) is 1. The van der Waals surface area contributed by atoms with E-state index in [-0.39, 0.29) is 28.3 Å². The number of nitriles is 1. The van der Waals surface area contributed by atoms with Gasteiger partial charge in [-0.05, 0) is 17.5 Å². The van der Waals surface area contributed by atoms with E-state index < -0.39 is 10.8 Å². The van der Waals surface area contributed by atoms with E-state index >= 15 is 0 Å². The minimum absolute atomic E-state index is 0.0416. The number of Topliss-reactive ketones (excluding diaryl/α,β-unsaturated/α-hetero) is 1. The highest BCUT2D eigenvalue weighted by Gasteiger charge is 2.44. The number of nitro benzene ring substituents is 1. The number of nitrogens with zero attached hydrogens (tertiary/aromatic N) is 2. The monoisotopic (exact) mass is 405 g/mol. The van der Waals surface area contributed by atoms with Gasteiger partial charge >= 0.3 is 0 Å². The molecule has 2 aromatic rings. The molecule has 4 rings (SSSR count). The van der Waals surface area contributed by atoms with Crippen LogP contribution in [0.25, 0.3) is 11.3 Å². The largest absolute Gasteiger partial charge is 0.460 e. The second kappa shape index (κ2) is 6.88. The normalized spacial score (nSPS) is 20.4. The van der Waals surface area contributed by atoms with Crippen molar-refractivity contribution in [3.8, 4) is 17.4 Å². The van der Waals surface area contributed by atoms with Crippen molar-refractivity contribution in [3.05, 3.63) is 75.1 Å². The van der Waals surface area contributed by atoms with E-state index in [4.69, 9.17) is 14.9 Å². The van der Waals surface area contributed by atoms with Crippen LogP contribution in [0.2, 0.25) is 0 Å². The average Bonchev–Trinajstić information content (AvgIpc) is 3.16. The van der Waals surface area contributed by atoms with E-state index in [9.17, 15) is 20.2 Å². The summed E-state index contributed by atoms with van der Waals surface area (Å²) in [7, 11) is 0. The number of carbonyl (C=O) groups excluding carboxylic acids is 1. The zero-order valence-electron chi connectivity index (χ0n) is 16.5. The van der Waals surface area contributed by atoms with Crippen LogP contribution in [-0.2, 0) is 9.53 Å². The van der Waals surface area contributed by atoms with Crippen molar-refractivity contribution in [1.29, 1.82) is 5.26 Å². The van der Waals surface area contributed by atoms with Crippen LogP contribution in [0, 0.1) is 26.9 Å². The van der Waals surface area contributed by atoms with Crippen molar-refractivity contribution in [3.63, 3.8) is 0 Å². The summed E-state index contributed by atoms with van der Waals surface area (Å²) < 4.78 is 11.6. The predicted octanol–water partition coefficient (Wildman–Crippen LogP) is 4.31. The van der Waals surface area contributed by atoms with Gasteiger partial charge in [0.25, 0.3) is 5.69 Å². The van der Waals surface area contributed by atoms with Gasteiger partial charge in [0, 0.05) is 36.1 Å². The summed E-state index contributed by atoms with van der Waals surface area (Å²) in [6.07, 6.45) is 0.838. The molecule has 0 saturated heterocycles. The molecule has 1 atom stereocenters. The summed E-state index contributed by atoms with van der Waals surface area (Å²) in [4.78, 5) is 23.5. The van der Waals surface area contributed by atoms with Crippen molar-refractivity contribution in [2.75, 3.05) is 0 Å². The first-order valence-electron chi connectivity index (χ1n) is 9.38. The van der Waals surface area contributed by atoms with Crippen LogP contribution in [0.5, 0.6) is 0 Å². The molecular weight excluding hydrogens is 386 g/mol. The highest BCUT2D eigenvalue weighted by atomic mass is 16.6. The standard InChI is InChI=1S/C22H19N3O5/c1-22(2)9-15(26)20-18(10-22)30-21(24)14(11-23)19(20)17-7-6-16(29-17)12-4-3-5-13(8-12)25(27)28/h3-8,19H,9-10,24H2,1-2H3. The quantitative estimate of drug-likeness (QED) is 0.594. The van der Waals surface area contributed by atoms with Crippen molar-refractivity contribution in [2.24, 2.45) is 11.1 Å². The number of hydrogen-bond acceptors (Lipinski definition) is 7. The highest BCUT2D eigenvalue weighted by molar-refractivity contribution is 5.99. The van der Waals surface area contributed by atoms with Crippen molar-refractivity contribution in [2.45, 2.75) is 32.6 Å². The minimum atomic E-state index is -0.769. The molecule has 152 valence electrons. The fraction of sp³-hybridized carbons (Fsp3) is 0.273. The molecule has 2 heterocycles. The maximum atomic E-state index is 13.0. The van der Waals surface area contributed by atoms with Crippen LogP contribution in [0.3, 0.4) is 0 Å². The Morgan fingerprint density at radius 2 is 2.03 bits per heavy atom.